The van der Waals surface area contributed by atoms with Crippen molar-refractivity contribution < 1.29 is 4.79 Å². The van der Waals surface area contributed by atoms with E-state index in [2.05, 4.69) is 44.5 Å². The molecule has 0 bridgehead atoms. The molecule has 4 rings (SSSR count). The van der Waals surface area contributed by atoms with Crippen molar-refractivity contribution in [2.75, 3.05) is 36.4 Å². The Morgan fingerprint density at radius 1 is 0.920 bits per heavy atom. The summed E-state index contributed by atoms with van der Waals surface area (Å²) in [4.78, 5) is 25.1. The molecule has 2 aromatic rings. The zero-order chi connectivity index (χ0) is 17.1. The minimum absolute atomic E-state index is 0.00710. The van der Waals surface area contributed by atoms with E-state index in [0.29, 0.717) is 11.5 Å². The summed E-state index contributed by atoms with van der Waals surface area (Å²) < 4.78 is 0. The second-order valence-electron chi connectivity index (χ2n) is 6.65. The van der Waals surface area contributed by atoms with E-state index in [1.54, 1.807) is 6.07 Å². The van der Waals surface area contributed by atoms with E-state index in [-0.39, 0.29) is 5.91 Å². The monoisotopic (exact) mass is 337 g/mol. The molecule has 2 aliphatic rings. The first-order chi connectivity index (χ1) is 12.3. The fraction of sp³-hybridized carbons (Fsp3) is 0.421. The van der Waals surface area contributed by atoms with Gasteiger partial charge >= 0.3 is 0 Å². The molecule has 0 spiro atoms. The molecule has 2 saturated heterocycles. The molecule has 2 aliphatic heterocycles. The number of rotatable bonds is 4. The van der Waals surface area contributed by atoms with Crippen molar-refractivity contribution in [3.05, 3.63) is 42.4 Å². The number of carbonyl (C=O) groups excluding carboxylic acids is 1. The average molecular weight is 337 g/mol. The highest BCUT2D eigenvalue weighted by Crippen LogP contribution is 2.23. The topological polar surface area (TPSA) is 61.4 Å². The van der Waals surface area contributed by atoms with E-state index in [1.807, 2.05) is 4.90 Å². The van der Waals surface area contributed by atoms with E-state index >= 15 is 0 Å². The molecule has 1 aromatic heterocycles. The van der Waals surface area contributed by atoms with Crippen molar-refractivity contribution in [1.82, 2.24) is 14.9 Å². The van der Waals surface area contributed by atoms with Gasteiger partial charge < -0.3 is 15.1 Å². The van der Waals surface area contributed by atoms with Crippen molar-refractivity contribution in [3.63, 3.8) is 0 Å². The smallest absolute Gasteiger partial charge is 0.272 e. The number of aromatic nitrogens is 2. The molecule has 1 amide bonds. The summed E-state index contributed by atoms with van der Waals surface area (Å²) in [5.74, 6) is 0.638. The molecule has 1 aromatic carbocycles. The van der Waals surface area contributed by atoms with Gasteiger partial charge in [-0.25, -0.2) is 9.97 Å². The molecule has 0 aliphatic carbocycles. The summed E-state index contributed by atoms with van der Waals surface area (Å²) in [5, 5.41) is 3.27. The van der Waals surface area contributed by atoms with Gasteiger partial charge in [-0.15, -0.1) is 0 Å². The molecule has 130 valence electrons. The first-order valence-corrected chi connectivity index (χ1v) is 9.03. The summed E-state index contributed by atoms with van der Waals surface area (Å²) in [6.07, 6.45) is 6.14. The first kappa shape index (κ1) is 15.9. The van der Waals surface area contributed by atoms with Gasteiger partial charge in [-0.1, -0.05) is 0 Å². The maximum atomic E-state index is 12.4. The molecule has 25 heavy (non-hydrogen) atoms. The van der Waals surface area contributed by atoms with E-state index in [9.17, 15) is 4.79 Å². The molecule has 3 heterocycles. The molecule has 2 fully saturated rings. The van der Waals surface area contributed by atoms with Gasteiger partial charge in [-0.05, 0) is 49.9 Å². The number of hydrogen-bond acceptors (Lipinski definition) is 5. The Bertz CT molecular complexity index is 734. The molecule has 0 saturated carbocycles. The highest BCUT2D eigenvalue weighted by molar-refractivity contribution is 5.93. The summed E-state index contributed by atoms with van der Waals surface area (Å²) in [7, 11) is 0. The standard InChI is InChI=1S/C19H23N5O/c25-19(24-11-3-4-12-24)17-13-18(21-14-20-17)22-15-5-7-16(8-6-15)23-9-1-2-10-23/h5-8,13-14H,1-4,9-12H2,(H,20,21,22). The lowest BCUT2D eigenvalue weighted by atomic mass is 10.2. The van der Waals surface area contributed by atoms with Crippen molar-refractivity contribution in [3.8, 4) is 0 Å². The number of anilines is 3. The van der Waals surface area contributed by atoms with Crippen LogP contribution in [0.25, 0.3) is 0 Å². The lowest BCUT2D eigenvalue weighted by molar-refractivity contribution is 0.0787. The van der Waals surface area contributed by atoms with Crippen LogP contribution in [-0.4, -0.2) is 47.0 Å². The first-order valence-electron chi connectivity index (χ1n) is 9.03. The third-order valence-corrected chi connectivity index (χ3v) is 4.89. The normalized spacial score (nSPS) is 17.1. The quantitative estimate of drug-likeness (QED) is 0.929. The van der Waals surface area contributed by atoms with Crippen molar-refractivity contribution in [2.24, 2.45) is 0 Å². The third-order valence-electron chi connectivity index (χ3n) is 4.89. The number of likely N-dealkylation sites (tertiary alicyclic amines) is 1. The molecule has 6 heteroatoms. The molecule has 0 atom stereocenters. The Hall–Kier alpha value is -2.63. The van der Waals surface area contributed by atoms with Crippen LogP contribution in [0.4, 0.5) is 17.2 Å². The van der Waals surface area contributed by atoms with E-state index < -0.39 is 0 Å². The largest absolute Gasteiger partial charge is 0.372 e. The van der Waals surface area contributed by atoms with Crippen molar-refractivity contribution >= 4 is 23.1 Å². The van der Waals surface area contributed by atoms with Gasteiger partial charge in [0.15, 0.2) is 0 Å². The second kappa shape index (κ2) is 7.09. The van der Waals surface area contributed by atoms with Crippen LogP contribution in [0.1, 0.15) is 36.2 Å². The number of nitrogens with zero attached hydrogens (tertiary/aromatic N) is 4. The fourth-order valence-electron chi connectivity index (χ4n) is 3.50. The number of carbonyl (C=O) groups is 1. The van der Waals surface area contributed by atoms with Gasteiger partial charge in [0.25, 0.3) is 5.91 Å². The van der Waals surface area contributed by atoms with Gasteiger partial charge in [0.1, 0.15) is 17.8 Å². The predicted molar refractivity (Wildman–Crippen MR) is 98.3 cm³/mol. The average Bonchev–Trinajstić information content (AvgIpc) is 3.36. The maximum Gasteiger partial charge on any atom is 0.272 e. The van der Waals surface area contributed by atoms with Gasteiger partial charge in [0, 0.05) is 43.6 Å². The van der Waals surface area contributed by atoms with Gasteiger partial charge in [-0.3, -0.25) is 4.79 Å². The van der Waals surface area contributed by atoms with Gasteiger partial charge in [0.2, 0.25) is 0 Å². The van der Waals surface area contributed by atoms with Crippen molar-refractivity contribution in [1.29, 1.82) is 0 Å². The maximum absolute atomic E-state index is 12.4. The molecule has 6 nitrogen and oxygen atoms in total. The summed E-state index contributed by atoms with van der Waals surface area (Å²) in [6, 6.07) is 10.1. The van der Waals surface area contributed by atoms with Crippen LogP contribution in [0.5, 0.6) is 0 Å². The van der Waals surface area contributed by atoms with Gasteiger partial charge in [-0.2, -0.15) is 0 Å². The number of amides is 1. The number of hydrogen-bond donors (Lipinski definition) is 1. The van der Waals surface area contributed by atoms with E-state index in [0.717, 1.165) is 44.7 Å². The zero-order valence-corrected chi connectivity index (χ0v) is 14.3. The van der Waals surface area contributed by atoms with E-state index in [1.165, 1.54) is 24.9 Å². The van der Waals surface area contributed by atoms with Crippen molar-refractivity contribution in [2.45, 2.75) is 25.7 Å². The van der Waals surface area contributed by atoms with Crippen LogP contribution in [0, 0.1) is 0 Å². The number of benzene rings is 1. The SMILES string of the molecule is O=C(c1cc(Nc2ccc(N3CCCC3)cc2)ncn1)N1CCCC1. The lowest BCUT2D eigenvalue weighted by Gasteiger charge is -2.18. The molecule has 1 N–H and O–H groups in total. The van der Waals surface area contributed by atoms with Crippen LogP contribution in [0.2, 0.25) is 0 Å². The van der Waals surface area contributed by atoms with Gasteiger partial charge in [0.05, 0.1) is 0 Å². The van der Waals surface area contributed by atoms with Crippen LogP contribution < -0.4 is 10.2 Å². The van der Waals surface area contributed by atoms with Crippen LogP contribution in [0.15, 0.2) is 36.7 Å². The third kappa shape index (κ3) is 3.57. The Labute approximate surface area is 147 Å². The van der Waals surface area contributed by atoms with Crippen LogP contribution >= 0.6 is 0 Å². The van der Waals surface area contributed by atoms with E-state index in [4.69, 9.17) is 0 Å². The minimum atomic E-state index is -0.00710. The lowest BCUT2D eigenvalue weighted by Crippen LogP contribution is -2.28. The Balaban J connectivity index is 1.45. The highest BCUT2D eigenvalue weighted by atomic mass is 16.2. The van der Waals surface area contributed by atoms with Crippen LogP contribution in [0.3, 0.4) is 0 Å². The Morgan fingerprint density at radius 2 is 1.60 bits per heavy atom. The molecular formula is C19H23N5O. The summed E-state index contributed by atoms with van der Waals surface area (Å²) >= 11 is 0. The minimum Gasteiger partial charge on any atom is -0.372 e. The number of nitrogens with one attached hydrogen (secondary N) is 1. The summed E-state index contributed by atoms with van der Waals surface area (Å²) in [5.41, 5.74) is 2.67. The summed E-state index contributed by atoms with van der Waals surface area (Å²) in [6.45, 7) is 3.93. The highest BCUT2D eigenvalue weighted by Gasteiger charge is 2.21. The Morgan fingerprint density at radius 3 is 2.32 bits per heavy atom. The molecular weight excluding hydrogens is 314 g/mol. The molecule has 0 unspecified atom stereocenters. The molecule has 0 radical (unpaired) electrons. The zero-order valence-electron chi connectivity index (χ0n) is 14.3. The fourth-order valence-corrected chi connectivity index (χ4v) is 3.50. The predicted octanol–water partition coefficient (Wildman–Crippen LogP) is 3.06. The van der Waals surface area contributed by atoms with Crippen LogP contribution in [-0.2, 0) is 0 Å². The Kier molecular flexibility index (Phi) is 4.50. The second-order valence-corrected chi connectivity index (χ2v) is 6.65.